The van der Waals surface area contributed by atoms with Crippen LogP contribution < -0.4 is 5.32 Å². The zero-order valence-corrected chi connectivity index (χ0v) is 13.4. The van der Waals surface area contributed by atoms with Gasteiger partial charge < -0.3 is 10.1 Å². The van der Waals surface area contributed by atoms with Gasteiger partial charge in [0.15, 0.2) is 0 Å². The first-order chi connectivity index (χ1) is 9.55. The van der Waals surface area contributed by atoms with E-state index in [1.807, 2.05) is 6.92 Å². The molecule has 0 aromatic heterocycles. The van der Waals surface area contributed by atoms with E-state index in [2.05, 4.69) is 21.2 Å². The minimum Gasteiger partial charge on any atom is -0.376 e. The maximum Gasteiger partial charge on any atom is 0.145 e. The third-order valence-electron chi connectivity index (χ3n) is 4.16. The van der Waals surface area contributed by atoms with E-state index in [0.29, 0.717) is 6.54 Å². The second-order valence-corrected chi connectivity index (χ2v) is 6.08. The molecule has 0 aliphatic heterocycles. The molecule has 0 amide bonds. The van der Waals surface area contributed by atoms with Crippen molar-refractivity contribution >= 4 is 15.9 Å². The van der Waals surface area contributed by atoms with Crippen molar-refractivity contribution in [3.8, 4) is 0 Å². The number of likely N-dealkylation sites (N-methyl/N-ethyl adjacent to an activating group) is 1. The van der Waals surface area contributed by atoms with Gasteiger partial charge in [-0.2, -0.15) is 0 Å². The molecular weight excluding hydrogens is 328 g/mol. The topological polar surface area (TPSA) is 21.3 Å². The van der Waals surface area contributed by atoms with Gasteiger partial charge in [0.05, 0.1) is 16.1 Å². The highest BCUT2D eigenvalue weighted by molar-refractivity contribution is 9.10. The van der Waals surface area contributed by atoms with Crippen molar-refractivity contribution in [2.75, 3.05) is 13.7 Å². The molecule has 5 heteroatoms. The summed E-state index contributed by atoms with van der Waals surface area (Å²) >= 11 is 3.14. The Kier molecular flexibility index (Phi) is 5.15. The van der Waals surface area contributed by atoms with Crippen LogP contribution in [0.25, 0.3) is 0 Å². The molecule has 1 fully saturated rings. The number of nitrogens with one attached hydrogen (secondary N) is 1. The van der Waals surface area contributed by atoms with Crippen molar-refractivity contribution in [2.24, 2.45) is 0 Å². The summed E-state index contributed by atoms with van der Waals surface area (Å²) in [6.45, 7) is 2.56. The van der Waals surface area contributed by atoms with Gasteiger partial charge in [-0.25, -0.2) is 8.78 Å². The van der Waals surface area contributed by atoms with Crippen molar-refractivity contribution in [3.63, 3.8) is 0 Å². The van der Waals surface area contributed by atoms with E-state index >= 15 is 0 Å². The fourth-order valence-electron chi connectivity index (χ4n) is 3.15. The number of hydrogen-bond acceptors (Lipinski definition) is 2. The number of rotatable bonds is 5. The first-order valence-corrected chi connectivity index (χ1v) is 7.77. The van der Waals surface area contributed by atoms with Crippen LogP contribution in [-0.4, -0.2) is 19.3 Å². The third kappa shape index (κ3) is 2.76. The molecule has 1 aliphatic rings. The Bertz CT molecular complexity index is 475. The van der Waals surface area contributed by atoms with E-state index in [0.717, 1.165) is 25.7 Å². The predicted molar refractivity (Wildman–Crippen MR) is 78.7 cm³/mol. The predicted octanol–water partition coefficient (Wildman–Crippen LogP) is 4.34. The zero-order valence-electron chi connectivity index (χ0n) is 11.8. The Labute approximate surface area is 127 Å². The lowest BCUT2D eigenvalue weighted by molar-refractivity contribution is -0.0382. The summed E-state index contributed by atoms with van der Waals surface area (Å²) in [5, 5.41) is 3.22. The van der Waals surface area contributed by atoms with Gasteiger partial charge in [0, 0.05) is 12.7 Å². The molecule has 1 aliphatic carbocycles. The minimum absolute atomic E-state index is 0.0741. The van der Waals surface area contributed by atoms with Gasteiger partial charge >= 0.3 is 0 Å². The van der Waals surface area contributed by atoms with E-state index in [-0.39, 0.29) is 10.0 Å². The summed E-state index contributed by atoms with van der Waals surface area (Å²) < 4.78 is 34.6. The minimum atomic E-state index is -0.542. The zero-order chi connectivity index (χ0) is 14.8. The van der Waals surface area contributed by atoms with Crippen LogP contribution in [0.2, 0.25) is 0 Å². The number of hydrogen-bond donors (Lipinski definition) is 1. The quantitative estimate of drug-likeness (QED) is 0.800. The monoisotopic (exact) mass is 347 g/mol. The molecule has 20 heavy (non-hydrogen) atoms. The molecular formula is C15H20BrF2NO. The van der Waals surface area contributed by atoms with Gasteiger partial charge in [-0.3, -0.25) is 0 Å². The maximum atomic E-state index is 14.4. The SMILES string of the molecule is CCNC(c1c(F)ccc(Br)c1F)C1(OC)CCCC1. The smallest absolute Gasteiger partial charge is 0.145 e. The summed E-state index contributed by atoms with van der Waals surface area (Å²) in [5.41, 5.74) is -0.455. The molecule has 1 atom stereocenters. The molecule has 0 saturated heterocycles. The number of ether oxygens (including phenoxy) is 1. The fourth-order valence-corrected chi connectivity index (χ4v) is 3.49. The van der Waals surface area contributed by atoms with Gasteiger partial charge in [-0.05, 0) is 47.4 Å². The van der Waals surface area contributed by atoms with Gasteiger partial charge in [0.1, 0.15) is 11.6 Å². The Morgan fingerprint density at radius 1 is 1.35 bits per heavy atom. The Hall–Kier alpha value is -0.520. The van der Waals surface area contributed by atoms with Crippen LogP contribution in [0.1, 0.15) is 44.2 Å². The first kappa shape index (κ1) is 15.9. The Morgan fingerprint density at radius 2 is 2.00 bits per heavy atom. The maximum absolute atomic E-state index is 14.4. The fraction of sp³-hybridized carbons (Fsp3) is 0.600. The molecule has 0 bridgehead atoms. The normalized spacial score (nSPS) is 19.2. The average molecular weight is 348 g/mol. The van der Waals surface area contributed by atoms with Crippen molar-refractivity contribution in [1.82, 2.24) is 5.32 Å². The lowest BCUT2D eigenvalue weighted by atomic mass is 9.86. The van der Waals surface area contributed by atoms with Crippen LogP contribution in [0.4, 0.5) is 8.78 Å². The van der Waals surface area contributed by atoms with E-state index in [4.69, 9.17) is 4.74 Å². The van der Waals surface area contributed by atoms with Crippen molar-refractivity contribution in [1.29, 1.82) is 0 Å². The number of halogens is 3. The van der Waals surface area contributed by atoms with Crippen LogP contribution in [-0.2, 0) is 4.74 Å². The van der Waals surface area contributed by atoms with Gasteiger partial charge in [-0.1, -0.05) is 19.8 Å². The molecule has 0 radical (unpaired) electrons. The van der Waals surface area contributed by atoms with E-state index in [1.165, 1.54) is 12.1 Å². The molecule has 0 spiro atoms. The largest absolute Gasteiger partial charge is 0.376 e. The highest BCUT2D eigenvalue weighted by atomic mass is 79.9. The van der Waals surface area contributed by atoms with E-state index < -0.39 is 23.3 Å². The highest BCUT2D eigenvalue weighted by Gasteiger charge is 2.44. The van der Waals surface area contributed by atoms with Crippen molar-refractivity contribution in [2.45, 2.75) is 44.2 Å². The molecule has 2 nitrogen and oxygen atoms in total. The standard InChI is InChI=1S/C15H20BrF2NO/c1-3-19-14(15(20-2)8-4-5-9-15)12-11(17)7-6-10(16)13(12)18/h6-7,14,19H,3-5,8-9H2,1-2H3. The van der Waals surface area contributed by atoms with Gasteiger partial charge in [-0.15, -0.1) is 0 Å². The van der Waals surface area contributed by atoms with Crippen molar-refractivity contribution in [3.05, 3.63) is 33.8 Å². The molecule has 1 aromatic rings. The molecule has 1 N–H and O–H groups in total. The summed E-state index contributed by atoms with van der Waals surface area (Å²) in [4.78, 5) is 0. The lowest BCUT2D eigenvalue weighted by Gasteiger charge is -2.37. The number of methoxy groups -OCH3 is 1. The highest BCUT2D eigenvalue weighted by Crippen LogP contribution is 2.44. The van der Waals surface area contributed by atoms with Crippen molar-refractivity contribution < 1.29 is 13.5 Å². The summed E-state index contributed by atoms with van der Waals surface area (Å²) in [6, 6.07) is 2.22. The third-order valence-corrected chi connectivity index (χ3v) is 4.77. The summed E-state index contributed by atoms with van der Waals surface area (Å²) in [6.07, 6.45) is 3.67. The number of benzene rings is 1. The molecule has 2 rings (SSSR count). The van der Waals surface area contributed by atoms with Crippen LogP contribution in [0, 0.1) is 11.6 Å². The van der Waals surface area contributed by atoms with Crippen LogP contribution in [0.5, 0.6) is 0 Å². The molecule has 1 aromatic carbocycles. The first-order valence-electron chi connectivity index (χ1n) is 6.97. The molecule has 1 saturated carbocycles. The van der Waals surface area contributed by atoms with Crippen LogP contribution >= 0.6 is 15.9 Å². The van der Waals surface area contributed by atoms with E-state index in [1.54, 1.807) is 7.11 Å². The van der Waals surface area contributed by atoms with Gasteiger partial charge in [0.25, 0.3) is 0 Å². The molecule has 112 valence electrons. The van der Waals surface area contributed by atoms with E-state index in [9.17, 15) is 8.78 Å². The molecule has 0 heterocycles. The Balaban J connectivity index is 2.51. The van der Waals surface area contributed by atoms with Crippen LogP contribution in [0.15, 0.2) is 16.6 Å². The Morgan fingerprint density at radius 3 is 2.55 bits per heavy atom. The van der Waals surface area contributed by atoms with Gasteiger partial charge in [0.2, 0.25) is 0 Å². The second-order valence-electron chi connectivity index (χ2n) is 5.22. The summed E-state index contributed by atoms with van der Waals surface area (Å²) in [5.74, 6) is -1.07. The summed E-state index contributed by atoms with van der Waals surface area (Å²) in [7, 11) is 1.63. The molecule has 1 unspecified atom stereocenters. The van der Waals surface area contributed by atoms with Crippen LogP contribution in [0.3, 0.4) is 0 Å². The second kappa shape index (κ2) is 6.50. The average Bonchev–Trinajstić information content (AvgIpc) is 2.92. The lowest BCUT2D eigenvalue weighted by Crippen LogP contribution is -2.44.